The minimum atomic E-state index is -4.03. The maximum Gasteiger partial charge on any atom is 0.264 e. The van der Waals surface area contributed by atoms with Crippen molar-refractivity contribution in [3.05, 3.63) is 82.9 Å². The minimum Gasteiger partial charge on any atom is -0.325 e. The fourth-order valence-electron chi connectivity index (χ4n) is 4.04. The van der Waals surface area contributed by atoms with E-state index in [1.807, 2.05) is 13.8 Å². The molecule has 1 heterocycles. The Balaban J connectivity index is 1.59. The number of hydrogen-bond acceptors (Lipinski definition) is 4. The van der Waals surface area contributed by atoms with Gasteiger partial charge in [-0.05, 0) is 73.9 Å². The van der Waals surface area contributed by atoms with Gasteiger partial charge in [0.25, 0.3) is 10.0 Å². The summed E-state index contributed by atoms with van der Waals surface area (Å²) in [6, 6.07) is 18.1. The SMILES string of the molecule is Cc1ccc(N(CC(=O)Nc2ccc(N3CCCC3=O)c(C)c2)S(=O)(=O)c2ccccc2)cc1Cl. The van der Waals surface area contributed by atoms with Crippen LogP contribution in [-0.4, -0.2) is 33.3 Å². The van der Waals surface area contributed by atoms with Gasteiger partial charge in [0, 0.05) is 29.4 Å². The van der Waals surface area contributed by atoms with Crippen molar-refractivity contribution in [2.24, 2.45) is 0 Å². The summed E-state index contributed by atoms with van der Waals surface area (Å²) < 4.78 is 28.0. The molecule has 1 aliphatic rings. The number of hydrogen-bond donors (Lipinski definition) is 1. The number of rotatable bonds is 7. The van der Waals surface area contributed by atoms with Crippen LogP contribution < -0.4 is 14.5 Å². The van der Waals surface area contributed by atoms with E-state index in [0.29, 0.717) is 29.4 Å². The van der Waals surface area contributed by atoms with E-state index in [4.69, 9.17) is 11.6 Å². The lowest BCUT2D eigenvalue weighted by atomic mass is 10.1. The Hall–Kier alpha value is -3.36. The van der Waals surface area contributed by atoms with Crippen molar-refractivity contribution in [1.29, 1.82) is 0 Å². The molecular weight excluding hydrogens is 486 g/mol. The molecule has 182 valence electrons. The van der Waals surface area contributed by atoms with E-state index in [2.05, 4.69) is 5.32 Å². The number of nitrogens with one attached hydrogen (secondary N) is 1. The van der Waals surface area contributed by atoms with E-state index in [9.17, 15) is 18.0 Å². The quantitative estimate of drug-likeness (QED) is 0.488. The highest BCUT2D eigenvalue weighted by Crippen LogP contribution is 2.29. The van der Waals surface area contributed by atoms with Gasteiger partial charge >= 0.3 is 0 Å². The van der Waals surface area contributed by atoms with Crippen molar-refractivity contribution in [2.75, 3.05) is 27.6 Å². The molecule has 0 spiro atoms. The van der Waals surface area contributed by atoms with Crippen LogP contribution >= 0.6 is 11.6 Å². The highest BCUT2D eigenvalue weighted by Gasteiger charge is 2.28. The average Bonchev–Trinajstić information content (AvgIpc) is 3.25. The topological polar surface area (TPSA) is 86.8 Å². The van der Waals surface area contributed by atoms with Gasteiger partial charge in [-0.2, -0.15) is 0 Å². The van der Waals surface area contributed by atoms with Gasteiger partial charge in [0.1, 0.15) is 6.54 Å². The molecule has 1 fully saturated rings. The molecule has 7 nitrogen and oxygen atoms in total. The fourth-order valence-corrected chi connectivity index (χ4v) is 5.65. The highest BCUT2D eigenvalue weighted by atomic mass is 35.5. The Kier molecular flexibility index (Phi) is 7.14. The van der Waals surface area contributed by atoms with Gasteiger partial charge in [0.05, 0.1) is 10.6 Å². The number of amides is 2. The van der Waals surface area contributed by atoms with Gasteiger partial charge in [-0.1, -0.05) is 35.9 Å². The smallest absolute Gasteiger partial charge is 0.264 e. The first-order valence-electron chi connectivity index (χ1n) is 11.2. The Morgan fingerprint density at radius 1 is 1.03 bits per heavy atom. The lowest BCUT2D eigenvalue weighted by Crippen LogP contribution is -2.38. The zero-order chi connectivity index (χ0) is 25.2. The molecule has 0 aromatic heterocycles. The van der Waals surface area contributed by atoms with Crippen molar-refractivity contribution in [3.8, 4) is 0 Å². The molecule has 1 saturated heterocycles. The first-order valence-corrected chi connectivity index (χ1v) is 13.0. The molecule has 0 saturated carbocycles. The van der Waals surface area contributed by atoms with Crippen LogP contribution in [0.25, 0.3) is 0 Å². The molecule has 9 heteroatoms. The number of anilines is 3. The summed E-state index contributed by atoms with van der Waals surface area (Å²) in [7, 11) is -4.03. The predicted molar refractivity (Wildman–Crippen MR) is 139 cm³/mol. The van der Waals surface area contributed by atoms with Crippen LogP contribution in [0.5, 0.6) is 0 Å². The van der Waals surface area contributed by atoms with Crippen LogP contribution in [0.2, 0.25) is 5.02 Å². The molecule has 0 atom stereocenters. The number of nitrogens with zero attached hydrogens (tertiary/aromatic N) is 2. The van der Waals surface area contributed by atoms with E-state index in [1.54, 1.807) is 53.4 Å². The number of aryl methyl sites for hydroxylation is 2. The normalized spacial score (nSPS) is 13.7. The van der Waals surface area contributed by atoms with Gasteiger partial charge < -0.3 is 10.2 Å². The van der Waals surface area contributed by atoms with E-state index in [1.165, 1.54) is 18.2 Å². The zero-order valence-corrected chi connectivity index (χ0v) is 21.1. The molecule has 0 unspecified atom stereocenters. The summed E-state index contributed by atoms with van der Waals surface area (Å²) >= 11 is 6.27. The molecule has 0 bridgehead atoms. The highest BCUT2D eigenvalue weighted by molar-refractivity contribution is 7.92. The second-order valence-electron chi connectivity index (χ2n) is 8.46. The molecule has 0 radical (unpaired) electrons. The van der Waals surface area contributed by atoms with Crippen molar-refractivity contribution >= 4 is 50.5 Å². The van der Waals surface area contributed by atoms with Gasteiger partial charge in [-0.3, -0.25) is 13.9 Å². The van der Waals surface area contributed by atoms with Crippen LogP contribution in [0.1, 0.15) is 24.0 Å². The number of carbonyl (C=O) groups excluding carboxylic acids is 2. The Morgan fingerprint density at radius 2 is 1.77 bits per heavy atom. The average molecular weight is 512 g/mol. The van der Waals surface area contributed by atoms with Crippen LogP contribution in [0.4, 0.5) is 17.1 Å². The lowest BCUT2D eigenvalue weighted by molar-refractivity contribution is -0.117. The maximum atomic E-state index is 13.5. The van der Waals surface area contributed by atoms with E-state index in [0.717, 1.165) is 27.5 Å². The Morgan fingerprint density at radius 3 is 2.40 bits per heavy atom. The largest absolute Gasteiger partial charge is 0.325 e. The third kappa shape index (κ3) is 5.33. The van der Waals surface area contributed by atoms with Crippen LogP contribution in [-0.2, 0) is 19.6 Å². The van der Waals surface area contributed by atoms with Crippen LogP contribution in [0.3, 0.4) is 0 Å². The predicted octanol–water partition coefficient (Wildman–Crippen LogP) is 4.92. The van der Waals surface area contributed by atoms with Gasteiger partial charge in [-0.25, -0.2) is 8.42 Å². The second kappa shape index (κ2) is 10.1. The standard InChI is InChI=1S/C26H26ClN3O4S/c1-18-10-12-21(16-23(18)27)30(35(33,34)22-7-4-3-5-8-22)17-25(31)28-20-11-13-24(19(2)15-20)29-14-6-9-26(29)32/h3-5,7-8,10-13,15-16H,6,9,14,17H2,1-2H3,(H,28,31). The monoisotopic (exact) mass is 511 g/mol. The molecule has 2 amide bonds. The summed E-state index contributed by atoms with van der Waals surface area (Å²) in [5.41, 5.74) is 3.26. The Labute approximate surface area is 210 Å². The third-order valence-electron chi connectivity index (χ3n) is 5.91. The first-order chi connectivity index (χ1) is 16.7. The third-order valence-corrected chi connectivity index (χ3v) is 8.10. The molecule has 0 aliphatic carbocycles. The molecule has 1 N–H and O–H groups in total. The van der Waals surface area contributed by atoms with Gasteiger partial charge in [0.2, 0.25) is 11.8 Å². The second-order valence-corrected chi connectivity index (χ2v) is 10.7. The number of benzene rings is 3. The summed E-state index contributed by atoms with van der Waals surface area (Å²) in [6.07, 6.45) is 1.36. The molecule has 1 aliphatic heterocycles. The fraction of sp³-hybridized carbons (Fsp3) is 0.231. The van der Waals surface area contributed by atoms with E-state index < -0.39 is 22.5 Å². The minimum absolute atomic E-state index is 0.0694. The van der Waals surface area contributed by atoms with E-state index >= 15 is 0 Å². The van der Waals surface area contributed by atoms with Crippen molar-refractivity contribution in [1.82, 2.24) is 0 Å². The van der Waals surface area contributed by atoms with E-state index in [-0.39, 0.29) is 10.8 Å². The molecule has 3 aromatic carbocycles. The summed E-state index contributed by atoms with van der Waals surface area (Å²) in [6.45, 7) is 3.92. The van der Waals surface area contributed by atoms with Crippen molar-refractivity contribution in [3.63, 3.8) is 0 Å². The van der Waals surface area contributed by atoms with Crippen molar-refractivity contribution in [2.45, 2.75) is 31.6 Å². The summed E-state index contributed by atoms with van der Waals surface area (Å²) in [5, 5.41) is 3.18. The number of halogens is 1. The van der Waals surface area contributed by atoms with Crippen LogP contribution in [0.15, 0.2) is 71.6 Å². The maximum absolute atomic E-state index is 13.5. The first kappa shape index (κ1) is 24.8. The molecule has 3 aromatic rings. The van der Waals surface area contributed by atoms with Crippen molar-refractivity contribution < 1.29 is 18.0 Å². The lowest BCUT2D eigenvalue weighted by Gasteiger charge is -2.25. The summed E-state index contributed by atoms with van der Waals surface area (Å²) in [5.74, 6) is -0.422. The number of sulfonamides is 1. The van der Waals surface area contributed by atoms with Gasteiger partial charge in [0.15, 0.2) is 0 Å². The summed E-state index contributed by atoms with van der Waals surface area (Å²) in [4.78, 5) is 26.9. The molecule has 4 rings (SSSR count). The molecular formula is C26H26ClN3O4S. The molecule has 35 heavy (non-hydrogen) atoms. The Bertz CT molecular complexity index is 1380. The van der Waals surface area contributed by atoms with Gasteiger partial charge in [-0.15, -0.1) is 0 Å². The van der Waals surface area contributed by atoms with Crippen LogP contribution in [0, 0.1) is 13.8 Å². The zero-order valence-electron chi connectivity index (χ0n) is 19.5. The number of carbonyl (C=O) groups is 2.